The SMILES string of the molecule is CCCCCCCCCCCCCCCC(=O)OCC(COC(=O)C1OC1CCCCCCCCCCCCCCC)OC(=O)CCCCCCCCCCCCCCC. The molecular weight excluding hydrogens is 749 g/mol. The average molecular weight is 849 g/mol. The Bertz CT molecular complexity index is 954. The topological polar surface area (TPSA) is 91.4 Å². The molecule has 3 unspecified atom stereocenters. The van der Waals surface area contributed by atoms with Crippen molar-refractivity contribution in [3.8, 4) is 0 Å². The fraction of sp³-hybridized carbons (Fsp3) is 0.943. The highest BCUT2D eigenvalue weighted by molar-refractivity contribution is 5.78. The second-order valence-corrected chi connectivity index (χ2v) is 18.5. The van der Waals surface area contributed by atoms with Gasteiger partial charge in [0.2, 0.25) is 0 Å². The predicted octanol–water partition coefficient (Wildman–Crippen LogP) is 16.2. The van der Waals surface area contributed by atoms with Crippen LogP contribution in [-0.2, 0) is 33.3 Å². The standard InChI is InChI=1S/C53H100O7/c1-4-7-10-13-16-19-22-25-28-31-34-37-40-43-49-52(60-49)53(56)58-47-48(59-51(55)45-42-39-36-33-30-27-24-21-18-15-12-9-6-3)46-57-50(54)44-41-38-35-32-29-26-23-20-17-14-11-8-5-2/h48-49,52H,4-47H2,1-3H3. The minimum atomic E-state index is -0.808. The van der Waals surface area contributed by atoms with E-state index in [0.29, 0.717) is 12.8 Å². The Morgan fingerprint density at radius 3 is 1.05 bits per heavy atom. The van der Waals surface area contributed by atoms with Gasteiger partial charge in [-0.15, -0.1) is 0 Å². The van der Waals surface area contributed by atoms with Gasteiger partial charge < -0.3 is 18.9 Å². The van der Waals surface area contributed by atoms with E-state index in [-0.39, 0.29) is 31.3 Å². The smallest absolute Gasteiger partial charge is 0.338 e. The number of carbonyl (C=O) groups is 3. The van der Waals surface area contributed by atoms with Crippen molar-refractivity contribution in [3.05, 3.63) is 0 Å². The van der Waals surface area contributed by atoms with Gasteiger partial charge in [-0.1, -0.05) is 258 Å². The minimum absolute atomic E-state index is 0.0834. The third-order valence-corrected chi connectivity index (χ3v) is 12.5. The highest BCUT2D eigenvalue weighted by Crippen LogP contribution is 2.29. The van der Waals surface area contributed by atoms with E-state index in [1.54, 1.807) is 0 Å². The number of ether oxygens (including phenoxy) is 4. The highest BCUT2D eigenvalue weighted by atomic mass is 16.6. The number of rotatable bonds is 48. The Hall–Kier alpha value is -1.63. The molecular formula is C53H100O7. The Morgan fingerprint density at radius 2 is 0.683 bits per heavy atom. The number of hydrogen-bond acceptors (Lipinski definition) is 7. The third kappa shape index (κ3) is 38.1. The normalized spacial score (nSPS) is 15.2. The summed E-state index contributed by atoms with van der Waals surface area (Å²) in [7, 11) is 0. The molecule has 0 spiro atoms. The fourth-order valence-electron chi connectivity index (χ4n) is 8.38. The summed E-state index contributed by atoms with van der Waals surface area (Å²) in [6.45, 7) is 6.58. The molecule has 0 aromatic rings. The zero-order chi connectivity index (χ0) is 43.4. The van der Waals surface area contributed by atoms with Gasteiger partial charge in [-0.25, -0.2) is 4.79 Å². The molecule has 1 saturated heterocycles. The van der Waals surface area contributed by atoms with Gasteiger partial charge in [0.1, 0.15) is 13.2 Å². The number of epoxide rings is 1. The molecule has 0 aliphatic carbocycles. The van der Waals surface area contributed by atoms with E-state index < -0.39 is 18.2 Å². The first-order chi connectivity index (χ1) is 29.5. The summed E-state index contributed by atoms with van der Waals surface area (Å²) in [6, 6.07) is 0. The molecule has 0 amide bonds. The summed E-state index contributed by atoms with van der Waals surface area (Å²) in [6.07, 6.45) is 49.6. The lowest BCUT2D eigenvalue weighted by atomic mass is 10.0. The van der Waals surface area contributed by atoms with Crippen molar-refractivity contribution < 1.29 is 33.3 Å². The van der Waals surface area contributed by atoms with Gasteiger partial charge in [0.25, 0.3) is 0 Å². The van der Waals surface area contributed by atoms with E-state index in [2.05, 4.69) is 20.8 Å². The lowest BCUT2D eigenvalue weighted by molar-refractivity contribution is -0.167. The molecule has 0 aromatic carbocycles. The van der Waals surface area contributed by atoms with Crippen LogP contribution in [0.15, 0.2) is 0 Å². The summed E-state index contributed by atoms with van der Waals surface area (Å²) in [5.74, 6) is -1.02. The first-order valence-electron chi connectivity index (χ1n) is 26.7. The molecule has 1 aliphatic rings. The van der Waals surface area contributed by atoms with Crippen molar-refractivity contribution >= 4 is 17.9 Å². The van der Waals surface area contributed by atoms with Crippen LogP contribution in [0.25, 0.3) is 0 Å². The molecule has 7 heteroatoms. The average Bonchev–Trinajstić information content (AvgIpc) is 4.03. The largest absolute Gasteiger partial charge is 0.462 e. The maximum atomic E-state index is 12.8. The second kappa shape index (κ2) is 44.0. The van der Waals surface area contributed by atoms with Crippen LogP contribution in [0, 0.1) is 0 Å². The van der Waals surface area contributed by atoms with Gasteiger partial charge in [-0.05, 0) is 19.3 Å². The van der Waals surface area contributed by atoms with Crippen LogP contribution in [0.2, 0.25) is 0 Å². The summed E-state index contributed by atoms with van der Waals surface area (Å²) >= 11 is 0. The molecule has 0 aromatic heterocycles. The van der Waals surface area contributed by atoms with Crippen molar-refractivity contribution in [2.75, 3.05) is 13.2 Å². The zero-order valence-electron chi connectivity index (χ0n) is 40.2. The summed E-state index contributed by atoms with van der Waals surface area (Å²) in [5, 5.41) is 0. The van der Waals surface area contributed by atoms with Gasteiger partial charge in [0.05, 0.1) is 6.10 Å². The maximum absolute atomic E-state index is 12.8. The number of carbonyl (C=O) groups excluding carboxylic acids is 3. The quantitative estimate of drug-likeness (QED) is 0.0261. The molecule has 1 aliphatic heterocycles. The Kier molecular flexibility index (Phi) is 41.3. The lowest BCUT2D eigenvalue weighted by Gasteiger charge is -2.18. The van der Waals surface area contributed by atoms with Crippen molar-refractivity contribution in [2.45, 2.75) is 309 Å². The summed E-state index contributed by atoms with van der Waals surface area (Å²) in [4.78, 5) is 38.3. The van der Waals surface area contributed by atoms with E-state index in [1.165, 1.54) is 205 Å². The van der Waals surface area contributed by atoms with Crippen LogP contribution in [0.4, 0.5) is 0 Å². The van der Waals surface area contributed by atoms with Gasteiger partial charge in [-0.2, -0.15) is 0 Å². The van der Waals surface area contributed by atoms with Crippen LogP contribution in [0.3, 0.4) is 0 Å². The number of esters is 3. The second-order valence-electron chi connectivity index (χ2n) is 18.5. The molecule has 0 bridgehead atoms. The molecule has 354 valence electrons. The molecule has 7 nitrogen and oxygen atoms in total. The van der Waals surface area contributed by atoms with Crippen molar-refractivity contribution in [2.24, 2.45) is 0 Å². The van der Waals surface area contributed by atoms with Crippen LogP contribution in [0.5, 0.6) is 0 Å². The summed E-state index contributed by atoms with van der Waals surface area (Å²) in [5.41, 5.74) is 0. The maximum Gasteiger partial charge on any atom is 0.338 e. The minimum Gasteiger partial charge on any atom is -0.462 e. The van der Waals surface area contributed by atoms with Crippen molar-refractivity contribution in [3.63, 3.8) is 0 Å². The molecule has 0 radical (unpaired) electrons. The van der Waals surface area contributed by atoms with Gasteiger partial charge in [-0.3, -0.25) is 9.59 Å². The Morgan fingerprint density at radius 1 is 0.383 bits per heavy atom. The first-order valence-corrected chi connectivity index (χ1v) is 26.7. The third-order valence-electron chi connectivity index (χ3n) is 12.5. The molecule has 1 fully saturated rings. The zero-order valence-corrected chi connectivity index (χ0v) is 40.2. The molecule has 3 atom stereocenters. The highest BCUT2D eigenvalue weighted by Gasteiger charge is 2.45. The van der Waals surface area contributed by atoms with Gasteiger partial charge >= 0.3 is 17.9 Å². The molecule has 60 heavy (non-hydrogen) atoms. The van der Waals surface area contributed by atoms with Crippen molar-refractivity contribution in [1.82, 2.24) is 0 Å². The van der Waals surface area contributed by atoms with Gasteiger partial charge in [0, 0.05) is 12.8 Å². The van der Waals surface area contributed by atoms with E-state index in [4.69, 9.17) is 18.9 Å². The predicted molar refractivity (Wildman–Crippen MR) is 251 cm³/mol. The molecule has 0 N–H and O–H groups in total. The molecule has 0 saturated carbocycles. The van der Waals surface area contributed by atoms with Crippen LogP contribution >= 0.6 is 0 Å². The Balaban J connectivity index is 2.29. The Labute approximate surface area is 372 Å². The van der Waals surface area contributed by atoms with E-state index in [9.17, 15) is 14.4 Å². The van der Waals surface area contributed by atoms with E-state index >= 15 is 0 Å². The van der Waals surface area contributed by atoms with E-state index in [1.807, 2.05) is 0 Å². The summed E-state index contributed by atoms with van der Waals surface area (Å²) < 4.78 is 22.5. The van der Waals surface area contributed by atoms with Crippen LogP contribution < -0.4 is 0 Å². The number of unbranched alkanes of at least 4 members (excludes halogenated alkanes) is 36. The molecule has 1 rings (SSSR count). The number of hydrogen-bond donors (Lipinski definition) is 0. The first kappa shape index (κ1) is 56.4. The van der Waals surface area contributed by atoms with Gasteiger partial charge in [0.15, 0.2) is 12.2 Å². The fourth-order valence-corrected chi connectivity index (χ4v) is 8.38. The monoisotopic (exact) mass is 849 g/mol. The van der Waals surface area contributed by atoms with Crippen LogP contribution in [-0.4, -0.2) is 49.4 Å². The van der Waals surface area contributed by atoms with Crippen molar-refractivity contribution in [1.29, 1.82) is 0 Å². The van der Waals surface area contributed by atoms with E-state index in [0.717, 1.165) is 51.4 Å². The van der Waals surface area contributed by atoms with Crippen LogP contribution in [0.1, 0.15) is 290 Å². The lowest BCUT2D eigenvalue weighted by Crippen LogP contribution is -2.31. The molecule has 1 heterocycles.